The van der Waals surface area contributed by atoms with E-state index in [1.165, 1.54) is 0 Å². The van der Waals surface area contributed by atoms with Gasteiger partial charge in [0.15, 0.2) is 0 Å². The van der Waals surface area contributed by atoms with E-state index in [1.807, 2.05) is 69.3 Å². The number of hydrogen-bond acceptors (Lipinski definition) is 6. The molecule has 1 aliphatic heterocycles. The van der Waals surface area contributed by atoms with Gasteiger partial charge in [-0.05, 0) is 84.2 Å². The van der Waals surface area contributed by atoms with Gasteiger partial charge in [-0.3, -0.25) is 9.59 Å². The van der Waals surface area contributed by atoms with Crippen LogP contribution in [0.5, 0.6) is 5.75 Å². The number of benzene rings is 3. The number of hydrogen-bond donors (Lipinski definition) is 3. The van der Waals surface area contributed by atoms with Crippen molar-refractivity contribution >= 4 is 61.6 Å². The topological polar surface area (TPSA) is 106 Å². The molecule has 1 unspecified atom stereocenters. The molecular formula is C28H27BrN4O3S. The number of aryl methyl sites for hydroxylation is 2. The maximum absolute atomic E-state index is 13.5. The molecule has 1 aliphatic rings. The number of ether oxygens (including phenoxy) is 1. The molecule has 9 heteroatoms. The number of halogens is 1. The van der Waals surface area contributed by atoms with Gasteiger partial charge < -0.3 is 21.1 Å². The van der Waals surface area contributed by atoms with Gasteiger partial charge in [-0.15, -0.1) is 0 Å². The Morgan fingerprint density at radius 2 is 1.76 bits per heavy atom. The van der Waals surface area contributed by atoms with E-state index in [1.54, 1.807) is 18.2 Å². The molecule has 0 fully saturated rings. The van der Waals surface area contributed by atoms with Crippen LogP contribution in [0.2, 0.25) is 0 Å². The summed E-state index contributed by atoms with van der Waals surface area (Å²) in [5.41, 5.74) is 10.7. The summed E-state index contributed by atoms with van der Waals surface area (Å²) in [5.74, 6) is -0.268. The smallest absolute Gasteiger partial charge is 0.260 e. The number of carbonyl (C=O) groups excluding carboxylic acids is 2. The zero-order valence-electron chi connectivity index (χ0n) is 20.7. The lowest BCUT2D eigenvalue weighted by Crippen LogP contribution is -2.29. The van der Waals surface area contributed by atoms with Crippen molar-refractivity contribution in [3.63, 3.8) is 0 Å². The molecule has 2 amide bonds. The van der Waals surface area contributed by atoms with Crippen molar-refractivity contribution < 1.29 is 14.3 Å². The first kappa shape index (κ1) is 26.5. The van der Waals surface area contributed by atoms with Crippen LogP contribution in [-0.4, -0.2) is 28.7 Å². The molecule has 0 radical (unpaired) electrons. The van der Waals surface area contributed by atoms with Crippen molar-refractivity contribution in [2.75, 3.05) is 17.2 Å². The molecule has 0 bridgehead atoms. The van der Waals surface area contributed by atoms with Crippen LogP contribution in [0.15, 0.2) is 87.5 Å². The van der Waals surface area contributed by atoms with Crippen LogP contribution in [-0.2, 0) is 9.59 Å². The lowest BCUT2D eigenvalue weighted by atomic mass is 10.1. The monoisotopic (exact) mass is 578 g/mol. The maximum Gasteiger partial charge on any atom is 0.260 e. The highest BCUT2D eigenvalue weighted by molar-refractivity contribution is 9.10. The third-order valence-corrected chi connectivity index (χ3v) is 7.41. The van der Waals surface area contributed by atoms with E-state index in [9.17, 15) is 9.59 Å². The van der Waals surface area contributed by atoms with Gasteiger partial charge in [0.05, 0.1) is 29.2 Å². The largest absolute Gasteiger partial charge is 0.492 e. The quantitative estimate of drug-likeness (QED) is 0.314. The van der Waals surface area contributed by atoms with E-state index in [-0.39, 0.29) is 17.2 Å². The molecule has 4 N–H and O–H groups in total. The van der Waals surface area contributed by atoms with Gasteiger partial charge in [0.25, 0.3) is 5.91 Å². The second kappa shape index (κ2) is 11.7. The number of aliphatic imine (C=N–C) groups is 1. The first-order valence-corrected chi connectivity index (χ1v) is 13.4. The highest BCUT2D eigenvalue weighted by Crippen LogP contribution is 2.37. The molecule has 0 aromatic heterocycles. The molecule has 3 aromatic rings. The van der Waals surface area contributed by atoms with Crippen molar-refractivity contribution in [2.45, 2.75) is 26.0 Å². The first-order chi connectivity index (χ1) is 17.8. The van der Waals surface area contributed by atoms with Crippen molar-refractivity contribution in [3.8, 4) is 5.75 Å². The van der Waals surface area contributed by atoms with E-state index in [0.29, 0.717) is 34.5 Å². The molecule has 3 aromatic carbocycles. The number of amides is 2. The van der Waals surface area contributed by atoms with Crippen LogP contribution in [0.3, 0.4) is 0 Å². The molecule has 7 nitrogen and oxygen atoms in total. The Balaban J connectivity index is 1.69. The predicted molar refractivity (Wildman–Crippen MR) is 155 cm³/mol. The lowest BCUT2D eigenvalue weighted by Gasteiger charge is -2.13. The molecule has 1 atom stereocenters. The Kier molecular flexibility index (Phi) is 8.35. The van der Waals surface area contributed by atoms with Crippen LogP contribution in [0, 0.1) is 13.8 Å². The highest BCUT2D eigenvalue weighted by Gasteiger charge is 2.38. The van der Waals surface area contributed by atoms with Crippen molar-refractivity contribution in [1.29, 1.82) is 0 Å². The highest BCUT2D eigenvalue weighted by atomic mass is 79.9. The fourth-order valence-corrected chi connectivity index (χ4v) is 5.48. The van der Waals surface area contributed by atoms with Crippen molar-refractivity contribution in [3.05, 3.63) is 93.6 Å². The summed E-state index contributed by atoms with van der Waals surface area (Å²) in [4.78, 5) is 31.5. The Morgan fingerprint density at radius 3 is 2.49 bits per heavy atom. The molecule has 190 valence electrons. The summed E-state index contributed by atoms with van der Waals surface area (Å²) >= 11 is 4.64. The van der Waals surface area contributed by atoms with Gasteiger partial charge in [-0.1, -0.05) is 42.1 Å². The number of anilines is 2. The molecule has 37 heavy (non-hydrogen) atoms. The van der Waals surface area contributed by atoms with E-state index < -0.39 is 11.2 Å². The third-order valence-electron chi connectivity index (χ3n) is 5.53. The summed E-state index contributed by atoms with van der Waals surface area (Å²) in [5, 5.41) is 5.33. The predicted octanol–water partition coefficient (Wildman–Crippen LogP) is 6.10. The zero-order valence-corrected chi connectivity index (χ0v) is 23.1. The van der Waals surface area contributed by atoms with E-state index in [0.717, 1.165) is 27.4 Å². The zero-order chi connectivity index (χ0) is 26.5. The molecule has 1 heterocycles. The second-order valence-electron chi connectivity index (χ2n) is 8.44. The van der Waals surface area contributed by atoms with Gasteiger partial charge >= 0.3 is 0 Å². The minimum absolute atomic E-state index is 0.142. The maximum atomic E-state index is 13.5. The summed E-state index contributed by atoms with van der Waals surface area (Å²) in [7, 11) is 0. The Labute approximate surface area is 228 Å². The van der Waals surface area contributed by atoms with E-state index >= 15 is 0 Å². The molecule has 4 rings (SSSR count). The molecule has 0 saturated carbocycles. The average molecular weight is 580 g/mol. The third kappa shape index (κ3) is 6.23. The van der Waals surface area contributed by atoms with Crippen LogP contribution < -0.4 is 21.1 Å². The lowest BCUT2D eigenvalue weighted by molar-refractivity contribution is -0.115. The summed E-state index contributed by atoms with van der Waals surface area (Å²) in [6.07, 6.45) is 0. The molecule has 0 aliphatic carbocycles. The fraction of sp³-hybridized carbons (Fsp3) is 0.179. The number of nitrogens with two attached hydrogens (primary N) is 1. The minimum Gasteiger partial charge on any atom is -0.492 e. The Hall–Kier alpha value is -3.56. The number of thioether (sulfide) groups is 1. The summed E-state index contributed by atoms with van der Waals surface area (Å²) in [6.45, 7) is 6.25. The second-order valence-corrected chi connectivity index (χ2v) is 10.4. The van der Waals surface area contributed by atoms with Gasteiger partial charge in [0, 0.05) is 10.2 Å². The van der Waals surface area contributed by atoms with Gasteiger partial charge in [-0.2, -0.15) is 0 Å². The number of nitrogens with zero attached hydrogens (tertiary/aromatic N) is 1. The van der Waals surface area contributed by atoms with Crippen LogP contribution in [0.4, 0.5) is 17.1 Å². The SMILES string of the molecule is CCOc1ccccc1NC(=O)C1=C(N)C(C(=O)Nc2ccc(C)cc2Br)SC1=Nc1cccc(C)c1. The van der Waals surface area contributed by atoms with Crippen molar-refractivity contribution in [1.82, 2.24) is 0 Å². The molecular weight excluding hydrogens is 552 g/mol. The normalized spacial score (nSPS) is 16.1. The van der Waals surface area contributed by atoms with Crippen LogP contribution in [0.25, 0.3) is 0 Å². The molecule has 0 saturated heterocycles. The number of nitrogens with one attached hydrogen (secondary N) is 2. The van der Waals surface area contributed by atoms with Crippen LogP contribution >= 0.6 is 27.7 Å². The standard InChI is InChI=1S/C28H27BrN4O3S/c1-4-36-22-11-6-5-10-21(22)33-26(34)23-24(30)25(27(35)32-20-13-12-17(3)15-19(20)29)37-28(23)31-18-9-7-8-16(2)14-18/h5-15,25H,4,30H2,1-3H3,(H,32,35)(H,33,34). The van der Waals surface area contributed by atoms with Crippen LogP contribution in [0.1, 0.15) is 18.1 Å². The van der Waals surface area contributed by atoms with Gasteiger partial charge in [-0.25, -0.2) is 4.99 Å². The van der Waals surface area contributed by atoms with Gasteiger partial charge in [0.1, 0.15) is 16.0 Å². The number of carbonyl (C=O) groups is 2. The van der Waals surface area contributed by atoms with E-state index in [4.69, 9.17) is 15.5 Å². The summed E-state index contributed by atoms with van der Waals surface area (Å²) < 4.78 is 6.40. The molecule has 0 spiro atoms. The Morgan fingerprint density at radius 1 is 1.00 bits per heavy atom. The Bertz CT molecular complexity index is 1420. The van der Waals surface area contributed by atoms with Crippen molar-refractivity contribution in [2.24, 2.45) is 10.7 Å². The number of para-hydroxylation sites is 2. The fourth-order valence-electron chi connectivity index (χ4n) is 3.76. The summed E-state index contributed by atoms with van der Waals surface area (Å²) in [6, 6.07) is 20.4. The van der Waals surface area contributed by atoms with E-state index in [2.05, 4.69) is 26.6 Å². The first-order valence-electron chi connectivity index (χ1n) is 11.7. The number of rotatable bonds is 7. The average Bonchev–Trinajstić information content (AvgIpc) is 3.18. The van der Waals surface area contributed by atoms with Gasteiger partial charge in [0.2, 0.25) is 5.91 Å². The minimum atomic E-state index is -0.834.